The van der Waals surface area contributed by atoms with Crippen molar-refractivity contribution in [2.24, 2.45) is 0 Å². The van der Waals surface area contributed by atoms with Gasteiger partial charge in [-0.1, -0.05) is 12.6 Å². The van der Waals surface area contributed by atoms with E-state index in [0.29, 0.717) is 59.0 Å². The molecule has 1 atom stereocenters. The predicted octanol–water partition coefficient (Wildman–Crippen LogP) is 5.35. The van der Waals surface area contributed by atoms with Gasteiger partial charge in [-0.2, -0.15) is 5.10 Å². The van der Waals surface area contributed by atoms with E-state index in [1.807, 2.05) is 41.3 Å². The Bertz CT molecular complexity index is 2060. The Balaban J connectivity index is 1.49. The molecule has 2 N–H and O–H groups in total. The number of ether oxygens (including phenoxy) is 1. The predicted molar refractivity (Wildman–Crippen MR) is 170 cm³/mol. The number of carbonyl (C=O) groups excluding carboxylic acids is 2. The molecule has 0 bridgehead atoms. The number of benzene rings is 2. The van der Waals surface area contributed by atoms with Crippen molar-refractivity contribution in [2.45, 2.75) is 32.5 Å². The van der Waals surface area contributed by atoms with Crippen molar-refractivity contribution in [1.29, 1.82) is 0 Å². The summed E-state index contributed by atoms with van der Waals surface area (Å²) in [5.41, 5.74) is 4.84. The molecule has 0 saturated carbocycles. The molecule has 0 spiro atoms. The van der Waals surface area contributed by atoms with Crippen LogP contribution in [0.4, 0.5) is 8.78 Å². The molecule has 2 aliphatic rings. The van der Waals surface area contributed by atoms with Gasteiger partial charge in [-0.25, -0.2) is 13.8 Å². The molecule has 12 heteroatoms. The number of nitrogens with one attached hydrogen (secondary N) is 1. The van der Waals surface area contributed by atoms with Crippen molar-refractivity contribution in [3.8, 4) is 39.5 Å². The summed E-state index contributed by atoms with van der Waals surface area (Å²) in [6, 6.07) is 11.1. The van der Waals surface area contributed by atoms with Gasteiger partial charge >= 0.3 is 0 Å². The molecule has 0 saturated heterocycles. The highest BCUT2D eigenvalue weighted by atomic mass is 32.1. The fraction of sp³-hybridized carbons (Fsp3) is 0.235. The van der Waals surface area contributed by atoms with Crippen LogP contribution in [0.15, 0.2) is 60.5 Å². The van der Waals surface area contributed by atoms with E-state index in [9.17, 15) is 19.1 Å². The third-order valence-electron chi connectivity index (χ3n) is 8.39. The number of aliphatic hydroxyl groups is 1. The molecule has 0 aliphatic carbocycles. The Morgan fingerprint density at radius 3 is 2.85 bits per heavy atom. The monoisotopic (exact) mass is 641 g/mol. The average molecular weight is 642 g/mol. The molecular weight excluding hydrogens is 612 g/mol. The number of carbonyl (C=O) groups is 2. The Hall–Kier alpha value is -4.94. The normalized spacial score (nSPS) is 15.8. The maximum Gasteiger partial charge on any atom is 0.251 e. The topological polar surface area (TPSA) is 110 Å². The first-order valence-electron chi connectivity index (χ1n) is 14.8. The SMILES string of the molecule is C=CC(=O)N1Cc2cc(-c3nc(-c4ccc5c(c4)CCNC5=O)c4ccsc4c3-c3c(F)cc(F)cc3OCCO)nn2CC1C. The lowest BCUT2D eigenvalue weighted by atomic mass is 9.93. The molecule has 9 nitrogen and oxygen atoms in total. The number of aromatic nitrogens is 3. The van der Waals surface area contributed by atoms with E-state index >= 15 is 4.39 Å². The quantitative estimate of drug-likeness (QED) is 0.232. The molecule has 5 aromatic rings. The van der Waals surface area contributed by atoms with Crippen LogP contribution in [0.25, 0.3) is 43.9 Å². The molecule has 1 unspecified atom stereocenters. The molecule has 2 amide bonds. The molecule has 7 rings (SSSR count). The molecule has 5 heterocycles. The third kappa shape index (κ3) is 5.03. The summed E-state index contributed by atoms with van der Waals surface area (Å²) in [7, 11) is 0. The molecular formula is C34H29F2N5O4S. The standard InChI is InChI=1S/C34H29F2N5O4S/c1-3-28(43)40-17-22-15-26(39-41(22)16-18(40)2)32-30(29-25(36)13-21(35)14-27(29)45-10-9-42)33-24(7-11-46-33)31(38-32)20-4-5-23-19(12-20)6-8-37-34(23)44/h3-5,7,11-15,18,42H,1,6,8-10,16-17H2,2H3,(H,37,44). The number of halogens is 2. The maximum atomic E-state index is 15.9. The molecule has 46 heavy (non-hydrogen) atoms. The zero-order valence-corrected chi connectivity index (χ0v) is 25.7. The van der Waals surface area contributed by atoms with Crippen molar-refractivity contribution in [1.82, 2.24) is 25.0 Å². The highest BCUT2D eigenvalue weighted by Crippen LogP contribution is 2.47. The van der Waals surface area contributed by atoms with E-state index < -0.39 is 11.6 Å². The maximum absolute atomic E-state index is 15.9. The highest BCUT2D eigenvalue weighted by molar-refractivity contribution is 7.18. The number of thiophene rings is 1. The van der Waals surface area contributed by atoms with Gasteiger partial charge < -0.3 is 20.1 Å². The van der Waals surface area contributed by atoms with E-state index in [2.05, 4.69) is 11.9 Å². The van der Waals surface area contributed by atoms with Crippen LogP contribution in [0, 0.1) is 11.6 Å². The van der Waals surface area contributed by atoms with Gasteiger partial charge in [0.05, 0.1) is 36.6 Å². The molecule has 0 fully saturated rings. The number of amides is 2. The number of hydrogen-bond acceptors (Lipinski definition) is 7. The van der Waals surface area contributed by atoms with Crippen molar-refractivity contribution >= 4 is 33.2 Å². The lowest BCUT2D eigenvalue weighted by Gasteiger charge is -2.33. The second-order valence-corrected chi connectivity index (χ2v) is 12.2. The van der Waals surface area contributed by atoms with Gasteiger partial charge in [0, 0.05) is 51.5 Å². The number of fused-ring (bicyclic) bond motifs is 3. The summed E-state index contributed by atoms with van der Waals surface area (Å²) < 4.78 is 38.6. The van der Waals surface area contributed by atoms with Gasteiger partial charge in [-0.15, -0.1) is 11.3 Å². The third-order valence-corrected chi connectivity index (χ3v) is 9.33. The van der Waals surface area contributed by atoms with E-state index in [-0.39, 0.29) is 42.4 Å². The lowest BCUT2D eigenvalue weighted by Crippen LogP contribution is -2.44. The fourth-order valence-electron chi connectivity index (χ4n) is 6.25. The van der Waals surface area contributed by atoms with E-state index in [4.69, 9.17) is 14.8 Å². The van der Waals surface area contributed by atoms with Crippen LogP contribution in [0.2, 0.25) is 0 Å². The molecule has 2 aliphatic heterocycles. The second-order valence-electron chi connectivity index (χ2n) is 11.3. The summed E-state index contributed by atoms with van der Waals surface area (Å²) >= 11 is 1.38. The van der Waals surface area contributed by atoms with Crippen LogP contribution < -0.4 is 10.1 Å². The van der Waals surface area contributed by atoms with Crippen molar-refractivity contribution in [3.05, 3.63) is 89.0 Å². The van der Waals surface area contributed by atoms with Crippen molar-refractivity contribution < 1.29 is 28.2 Å². The van der Waals surface area contributed by atoms with Gasteiger partial charge in [-0.3, -0.25) is 14.3 Å². The van der Waals surface area contributed by atoms with Crippen LogP contribution in [0.3, 0.4) is 0 Å². The van der Waals surface area contributed by atoms with E-state index in [1.54, 1.807) is 11.0 Å². The van der Waals surface area contributed by atoms with Gasteiger partial charge in [0.25, 0.3) is 5.91 Å². The highest BCUT2D eigenvalue weighted by Gasteiger charge is 2.31. The van der Waals surface area contributed by atoms with Crippen LogP contribution in [0.1, 0.15) is 28.5 Å². The van der Waals surface area contributed by atoms with Crippen LogP contribution in [0.5, 0.6) is 5.75 Å². The van der Waals surface area contributed by atoms with Crippen molar-refractivity contribution in [2.75, 3.05) is 19.8 Å². The Labute approximate surface area is 266 Å². The first-order chi connectivity index (χ1) is 22.3. The van der Waals surface area contributed by atoms with Crippen molar-refractivity contribution in [3.63, 3.8) is 0 Å². The zero-order chi connectivity index (χ0) is 32.1. The number of nitrogens with zero attached hydrogens (tertiary/aromatic N) is 4. The van der Waals surface area contributed by atoms with Gasteiger partial charge in [0.1, 0.15) is 35.4 Å². The molecule has 2 aromatic carbocycles. The summed E-state index contributed by atoms with van der Waals surface area (Å²) in [5.74, 6) is -2.06. The summed E-state index contributed by atoms with van der Waals surface area (Å²) in [6.07, 6.45) is 1.96. The summed E-state index contributed by atoms with van der Waals surface area (Å²) in [4.78, 5) is 31.9. The largest absolute Gasteiger partial charge is 0.490 e. The smallest absolute Gasteiger partial charge is 0.251 e. The summed E-state index contributed by atoms with van der Waals surface area (Å²) in [6.45, 7) is 6.30. The minimum Gasteiger partial charge on any atom is -0.490 e. The first kappa shape index (κ1) is 29.8. The van der Waals surface area contributed by atoms with Gasteiger partial charge in [0.2, 0.25) is 5.91 Å². The Morgan fingerprint density at radius 1 is 1.20 bits per heavy atom. The number of aliphatic hydroxyl groups excluding tert-OH is 1. The first-order valence-corrected chi connectivity index (χ1v) is 15.7. The second kappa shape index (κ2) is 11.8. The molecule has 0 radical (unpaired) electrons. The summed E-state index contributed by atoms with van der Waals surface area (Å²) in [5, 5.41) is 19.8. The Morgan fingerprint density at radius 2 is 2.04 bits per heavy atom. The van der Waals surface area contributed by atoms with E-state index in [1.165, 1.54) is 17.4 Å². The number of rotatable bonds is 7. The Kier molecular flexibility index (Phi) is 7.61. The number of pyridine rings is 1. The lowest BCUT2D eigenvalue weighted by molar-refractivity contribution is -0.129. The number of hydrogen-bond donors (Lipinski definition) is 2. The van der Waals surface area contributed by atoms with Gasteiger partial charge in [-0.05, 0) is 54.6 Å². The fourth-order valence-corrected chi connectivity index (χ4v) is 7.20. The minimum atomic E-state index is -0.849. The minimum absolute atomic E-state index is 0.00117. The van der Waals surface area contributed by atoms with E-state index in [0.717, 1.165) is 34.3 Å². The molecule has 3 aromatic heterocycles. The van der Waals surface area contributed by atoms with Gasteiger partial charge in [0.15, 0.2) is 0 Å². The average Bonchev–Trinajstić information content (AvgIpc) is 3.70. The van der Waals surface area contributed by atoms with Crippen LogP contribution in [-0.2, 0) is 24.3 Å². The van der Waals surface area contributed by atoms with Crippen LogP contribution in [-0.4, -0.2) is 62.4 Å². The molecule has 234 valence electrons. The zero-order valence-electron chi connectivity index (χ0n) is 24.8. The van der Waals surface area contributed by atoms with Crippen LogP contribution >= 0.6 is 11.3 Å².